The van der Waals surface area contributed by atoms with Crippen molar-refractivity contribution in [2.75, 3.05) is 32.7 Å². The molecule has 0 N–H and O–H groups in total. The zero-order valence-electron chi connectivity index (χ0n) is 16.6. The van der Waals surface area contributed by atoms with E-state index in [1.807, 2.05) is 0 Å². The summed E-state index contributed by atoms with van der Waals surface area (Å²) < 4.78 is 0. The van der Waals surface area contributed by atoms with Gasteiger partial charge in [0.05, 0.1) is 0 Å². The lowest BCUT2D eigenvalue weighted by molar-refractivity contribution is -0.131. The Morgan fingerprint density at radius 1 is 0.962 bits per heavy atom. The topological polar surface area (TPSA) is 23.6 Å². The van der Waals surface area contributed by atoms with Gasteiger partial charge < -0.3 is 9.80 Å². The first kappa shape index (κ1) is 19.4. The molecule has 0 bridgehead atoms. The van der Waals surface area contributed by atoms with E-state index in [1.54, 1.807) is 0 Å². The number of aryl methyl sites for hydroxylation is 2. The molecule has 144 valence electrons. The smallest absolute Gasteiger partial charge is 0.222 e. The van der Waals surface area contributed by atoms with Gasteiger partial charge in [0.2, 0.25) is 5.91 Å². The minimum atomic E-state index is 0.358. The van der Waals surface area contributed by atoms with Gasteiger partial charge in [-0.3, -0.25) is 4.79 Å². The number of rotatable bonds is 6. The van der Waals surface area contributed by atoms with Crippen LogP contribution in [0.1, 0.15) is 62.5 Å². The number of nitrogens with zero attached hydrogens (tertiary/aromatic N) is 2. The van der Waals surface area contributed by atoms with Gasteiger partial charge in [0, 0.05) is 32.6 Å². The third-order valence-corrected chi connectivity index (χ3v) is 6.16. The minimum absolute atomic E-state index is 0.358. The Labute approximate surface area is 159 Å². The summed E-state index contributed by atoms with van der Waals surface area (Å²) in [5, 5.41) is 0. The maximum Gasteiger partial charge on any atom is 0.222 e. The van der Waals surface area contributed by atoms with E-state index in [-0.39, 0.29) is 0 Å². The molecule has 2 fully saturated rings. The molecule has 0 atom stereocenters. The van der Waals surface area contributed by atoms with E-state index in [1.165, 1.54) is 56.3 Å². The second-order valence-electron chi connectivity index (χ2n) is 8.38. The molecule has 1 amide bonds. The van der Waals surface area contributed by atoms with Crippen LogP contribution in [0, 0.1) is 12.8 Å². The van der Waals surface area contributed by atoms with Crippen molar-refractivity contribution >= 4 is 5.91 Å². The molecule has 2 aliphatic rings. The first-order valence-electron chi connectivity index (χ1n) is 10.8. The monoisotopic (exact) mass is 356 g/mol. The summed E-state index contributed by atoms with van der Waals surface area (Å²) in [6.07, 6.45) is 10.9. The average Bonchev–Trinajstić information content (AvgIpc) is 2.90. The summed E-state index contributed by atoms with van der Waals surface area (Å²) in [7, 11) is 0. The van der Waals surface area contributed by atoms with E-state index in [0.717, 1.165) is 44.8 Å². The molecule has 26 heavy (non-hydrogen) atoms. The van der Waals surface area contributed by atoms with Crippen LogP contribution in [0.2, 0.25) is 0 Å². The molecule has 3 heteroatoms. The lowest BCUT2D eigenvalue weighted by Gasteiger charge is -2.28. The Bertz CT molecular complexity index is 548. The van der Waals surface area contributed by atoms with Crippen molar-refractivity contribution in [3.8, 4) is 0 Å². The Morgan fingerprint density at radius 2 is 1.73 bits per heavy atom. The maximum atomic E-state index is 12.6. The van der Waals surface area contributed by atoms with Crippen LogP contribution >= 0.6 is 0 Å². The Hall–Kier alpha value is -1.35. The Morgan fingerprint density at radius 3 is 2.50 bits per heavy atom. The first-order valence-corrected chi connectivity index (χ1v) is 10.8. The van der Waals surface area contributed by atoms with Crippen LogP contribution < -0.4 is 0 Å². The number of amides is 1. The highest BCUT2D eigenvalue weighted by Gasteiger charge is 2.22. The molecule has 1 aromatic rings. The quantitative estimate of drug-likeness (QED) is 0.753. The summed E-state index contributed by atoms with van der Waals surface area (Å²) >= 11 is 0. The molecule has 1 saturated heterocycles. The van der Waals surface area contributed by atoms with Crippen molar-refractivity contribution < 1.29 is 4.79 Å². The number of hydrogen-bond donors (Lipinski definition) is 0. The van der Waals surface area contributed by atoms with Crippen molar-refractivity contribution in [3.05, 3.63) is 35.4 Å². The summed E-state index contributed by atoms with van der Waals surface area (Å²) in [5.74, 6) is 1.26. The van der Waals surface area contributed by atoms with Crippen LogP contribution in [0.3, 0.4) is 0 Å². The van der Waals surface area contributed by atoms with E-state index in [0.29, 0.717) is 12.3 Å². The lowest BCUT2D eigenvalue weighted by Crippen LogP contribution is -2.36. The molecule has 1 aliphatic carbocycles. The summed E-state index contributed by atoms with van der Waals surface area (Å²) in [6.45, 7) is 7.49. The summed E-state index contributed by atoms with van der Waals surface area (Å²) in [4.78, 5) is 17.3. The molecule has 0 aromatic heterocycles. The van der Waals surface area contributed by atoms with Gasteiger partial charge in [0.15, 0.2) is 0 Å². The lowest BCUT2D eigenvalue weighted by atomic mass is 9.89. The third kappa shape index (κ3) is 6.12. The zero-order valence-corrected chi connectivity index (χ0v) is 16.6. The second kappa shape index (κ2) is 10.1. The fourth-order valence-electron chi connectivity index (χ4n) is 4.49. The van der Waals surface area contributed by atoms with Crippen LogP contribution in [0.15, 0.2) is 24.3 Å². The largest absolute Gasteiger partial charge is 0.341 e. The van der Waals surface area contributed by atoms with Gasteiger partial charge in [-0.1, -0.05) is 49.1 Å². The molecule has 3 rings (SSSR count). The number of hydrogen-bond acceptors (Lipinski definition) is 2. The summed E-state index contributed by atoms with van der Waals surface area (Å²) in [6, 6.07) is 8.70. The predicted molar refractivity (Wildman–Crippen MR) is 108 cm³/mol. The Balaban J connectivity index is 1.37. The molecular formula is C23H36N2O. The van der Waals surface area contributed by atoms with Gasteiger partial charge in [0.1, 0.15) is 0 Å². The molecule has 1 aromatic carbocycles. The van der Waals surface area contributed by atoms with Crippen molar-refractivity contribution in [1.82, 2.24) is 9.80 Å². The predicted octanol–water partition coefficient (Wildman–Crippen LogP) is 4.43. The first-order chi connectivity index (χ1) is 12.7. The van der Waals surface area contributed by atoms with Gasteiger partial charge in [-0.15, -0.1) is 0 Å². The van der Waals surface area contributed by atoms with Crippen LogP contribution in [0.25, 0.3) is 0 Å². The molecule has 1 saturated carbocycles. The van der Waals surface area contributed by atoms with Crippen LogP contribution in [0.4, 0.5) is 0 Å². The van der Waals surface area contributed by atoms with E-state index < -0.39 is 0 Å². The normalized spacial score (nSPS) is 20.1. The van der Waals surface area contributed by atoms with Gasteiger partial charge in [0.25, 0.3) is 0 Å². The minimum Gasteiger partial charge on any atom is -0.341 e. The maximum absolute atomic E-state index is 12.6. The van der Waals surface area contributed by atoms with Crippen LogP contribution in [-0.2, 0) is 11.2 Å². The van der Waals surface area contributed by atoms with Gasteiger partial charge >= 0.3 is 0 Å². The number of carbonyl (C=O) groups excluding carboxylic acids is 1. The third-order valence-electron chi connectivity index (χ3n) is 6.16. The van der Waals surface area contributed by atoms with Crippen molar-refractivity contribution in [2.45, 2.75) is 64.7 Å². The average molecular weight is 357 g/mol. The molecule has 1 heterocycles. The molecule has 0 unspecified atom stereocenters. The molecule has 0 radical (unpaired) electrons. The van der Waals surface area contributed by atoms with Gasteiger partial charge in [-0.2, -0.15) is 0 Å². The summed E-state index contributed by atoms with van der Waals surface area (Å²) in [5.41, 5.74) is 2.64. The zero-order chi connectivity index (χ0) is 18.2. The van der Waals surface area contributed by atoms with Gasteiger partial charge in [-0.25, -0.2) is 0 Å². The van der Waals surface area contributed by atoms with E-state index in [9.17, 15) is 4.79 Å². The number of carbonyl (C=O) groups is 1. The molecule has 3 nitrogen and oxygen atoms in total. The van der Waals surface area contributed by atoms with Crippen LogP contribution in [-0.4, -0.2) is 48.4 Å². The molecular weight excluding hydrogens is 320 g/mol. The van der Waals surface area contributed by atoms with E-state index in [4.69, 9.17) is 0 Å². The highest BCUT2D eigenvalue weighted by atomic mass is 16.2. The van der Waals surface area contributed by atoms with Crippen molar-refractivity contribution in [3.63, 3.8) is 0 Å². The highest BCUT2D eigenvalue weighted by molar-refractivity contribution is 5.76. The van der Waals surface area contributed by atoms with Crippen molar-refractivity contribution in [1.29, 1.82) is 0 Å². The second-order valence-corrected chi connectivity index (χ2v) is 8.38. The SMILES string of the molecule is Cc1ccc(CCCC(=O)N2CCCN(CC3CCCCC3)CC2)cc1. The Kier molecular flexibility index (Phi) is 7.55. The van der Waals surface area contributed by atoms with Crippen molar-refractivity contribution in [2.24, 2.45) is 5.92 Å². The van der Waals surface area contributed by atoms with E-state index in [2.05, 4.69) is 41.0 Å². The van der Waals surface area contributed by atoms with Gasteiger partial charge in [-0.05, 0) is 57.1 Å². The van der Waals surface area contributed by atoms with E-state index >= 15 is 0 Å². The number of benzene rings is 1. The standard InChI is InChI=1S/C23H36N2O/c1-20-11-13-21(14-12-20)9-5-10-23(26)25-16-6-15-24(17-18-25)19-22-7-3-2-4-8-22/h11-14,22H,2-10,15-19H2,1H3. The highest BCUT2D eigenvalue weighted by Crippen LogP contribution is 2.24. The fourth-order valence-corrected chi connectivity index (χ4v) is 4.49. The molecule has 0 spiro atoms. The molecule has 1 aliphatic heterocycles. The fraction of sp³-hybridized carbons (Fsp3) is 0.696. The van der Waals surface area contributed by atoms with Crippen LogP contribution in [0.5, 0.6) is 0 Å².